The van der Waals surface area contributed by atoms with Crippen LogP contribution in [-0.2, 0) is 4.79 Å². The summed E-state index contributed by atoms with van der Waals surface area (Å²) < 4.78 is 25.7. The minimum absolute atomic E-state index is 0.0234. The molecule has 1 aliphatic heterocycles. The van der Waals surface area contributed by atoms with E-state index in [9.17, 15) is 13.6 Å². The lowest BCUT2D eigenvalue weighted by Gasteiger charge is -2.33. The summed E-state index contributed by atoms with van der Waals surface area (Å²) in [6.45, 7) is 1.89. The number of nitrogens with one attached hydrogen (secondary N) is 1. The third-order valence-electron chi connectivity index (χ3n) is 3.33. The molecule has 0 saturated carbocycles. The van der Waals surface area contributed by atoms with Crippen LogP contribution in [0, 0.1) is 5.92 Å². The van der Waals surface area contributed by atoms with Gasteiger partial charge in [-0.3, -0.25) is 4.79 Å². The first-order chi connectivity index (χ1) is 8.49. The van der Waals surface area contributed by atoms with Crippen LogP contribution in [0.2, 0.25) is 0 Å². The van der Waals surface area contributed by atoms with Gasteiger partial charge in [-0.1, -0.05) is 0 Å². The molecule has 3 atom stereocenters. The molecule has 18 heavy (non-hydrogen) atoms. The van der Waals surface area contributed by atoms with E-state index >= 15 is 0 Å². The molecule has 2 heterocycles. The molecule has 1 saturated heterocycles. The van der Waals surface area contributed by atoms with E-state index in [2.05, 4.69) is 5.32 Å². The van der Waals surface area contributed by atoms with Crippen molar-refractivity contribution >= 4 is 17.3 Å². The van der Waals surface area contributed by atoms with Gasteiger partial charge in [0.15, 0.2) is 0 Å². The lowest BCUT2D eigenvalue weighted by atomic mass is 9.85. The lowest BCUT2D eigenvalue weighted by molar-refractivity contribution is -0.143. The van der Waals surface area contributed by atoms with Gasteiger partial charge >= 0.3 is 5.97 Å². The molecule has 2 N–H and O–H groups in total. The Balaban J connectivity index is 2.21. The summed E-state index contributed by atoms with van der Waals surface area (Å²) in [6, 6.07) is -0.264. The first kappa shape index (κ1) is 13.4. The SMILES string of the molecule is CC1CC(C(=O)O)CC(c2cscc2C(F)F)N1. The second kappa shape index (κ2) is 5.32. The number of carboxylic acids is 1. The van der Waals surface area contributed by atoms with E-state index in [-0.39, 0.29) is 17.6 Å². The van der Waals surface area contributed by atoms with Gasteiger partial charge in [0.25, 0.3) is 6.43 Å². The molecule has 1 aliphatic rings. The number of halogens is 2. The minimum atomic E-state index is -2.51. The van der Waals surface area contributed by atoms with Gasteiger partial charge in [0.05, 0.1) is 5.92 Å². The standard InChI is InChI=1S/C12H15F2NO2S/c1-6-2-7(12(16)17)3-10(15-6)8-4-18-5-9(8)11(13)14/h4-7,10-11,15H,2-3H2,1H3,(H,16,17). The topological polar surface area (TPSA) is 49.3 Å². The lowest BCUT2D eigenvalue weighted by Crippen LogP contribution is -2.41. The molecule has 6 heteroatoms. The second-order valence-electron chi connectivity index (χ2n) is 4.71. The number of hydrogen-bond donors (Lipinski definition) is 2. The number of carboxylic acid groups (broad SMARTS) is 1. The van der Waals surface area contributed by atoms with Crippen LogP contribution >= 0.6 is 11.3 Å². The van der Waals surface area contributed by atoms with Crippen LogP contribution in [0.4, 0.5) is 8.78 Å². The molecule has 1 aromatic rings. The van der Waals surface area contributed by atoms with E-state index < -0.39 is 18.3 Å². The number of thiophene rings is 1. The van der Waals surface area contributed by atoms with Crippen molar-refractivity contribution in [2.75, 3.05) is 0 Å². The Morgan fingerprint density at radius 2 is 2.22 bits per heavy atom. The van der Waals surface area contributed by atoms with E-state index in [1.54, 1.807) is 5.38 Å². The first-order valence-electron chi connectivity index (χ1n) is 5.82. The highest BCUT2D eigenvalue weighted by molar-refractivity contribution is 7.08. The van der Waals surface area contributed by atoms with Crippen molar-refractivity contribution in [1.29, 1.82) is 0 Å². The Morgan fingerprint density at radius 3 is 2.83 bits per heavy atom. The van der Waals surface area contributed by atoms with Crippen LogP contribution in [0.1, 0.15) is 43.4 Å². The maximum absolute atomic E-state index is 12.8. The summed E-state index contributed by atoms with van der Waals surface area (Å²) in [6.07, 6.45) is -1.59. The van der Waals surface area contributed by atoms with E-state index in [4.69, 9.17) is 5.11 Å². The number of alkyl halides is 2. The third kappa shape index (κ3) is 2.70. The van der Waals surface area contributed by atoms with Gasteiger partial charge in [-0.2, -0.15) is 11.3 Å². The van der Waals surface area contributed by atoms with Crippen LogP contribution in [0.25, 0.3) is 0 Å². The van der Waals surface area contributed by atoms with Crippen molar-refractivity contribution in [1.82, 2.24) is 5.32 Å². The highest BCUT2D eigenvalue weighted by atomic mass is 32.1. The van der Waals surface area contributed by atoms with E-state index in [1.165, 1.54) is 16.7 Å². The molecule has 0 spiro atoms. The van der Waals surface area contributed by atoms with Crippen molar-refractivity contribution < 1.29 is 18.7 Å². The highest BCUT2D eigenvalue weighted by Gasteiger charge is 2.33. The molecule has 0 amide bonds. The molecule has 0 aromatic carbocycles. The second-order valence-corrected chi connectivity index (χ2v) is 5.45. The molecule has 1 fully saturated rings. The van der Waals surface area contributed by atoms with Gasteiger partial charge < -0.3 is 10.4 Å². The van der Waals surface area contributed by atoms with Gasteiger partial charge in [-0.25, -0.2) is 8.78 Å². The Morgan fingerprint density at radius 1 is 1.50 bits per heavy atom. The van der Waals surface area contributed by atoms with Crippen LogP contribution < -0.4 is 5.32 Å². The number of carbonyl (C=O) groups is 1. The van der Waals surface area contributed by atoms with Crippen molar-refractivity contribution in [3.8, 4) is 0 Å². The number of aliphatic carboxylic acids is 1. The van der Waals surface area contributed by atoms with Gasteiger partial charge in [-0.05, 0) is 36.1 Å². The zero-order valence-corrected chi connectivity index (χ0v) is 10.7. The van der Waals surface area contributed by atoms with Gasteiger partial charge in [0, 0.05) is 17.6 Å². The minimum Gasteiger partial charge on any atom is -0.481 e. The molecule has 2 rings (SSSR count). The maximum atomic E-state index is 12.8. The Kier molecular flexibility index (Phi) is 3.97. The molecular weight excluding hydrogens is 260 g/mol. The summed E-state index contributed by atoms with van der Waals surface area (Å²) in [7, 11) is 0. The fraction of sp³-hybridized carbons (Fsp3) is 0.583. The average Bonchev–Trinajstić information content (AvgIpc) is 2.76. The van der Waals surface area contributed by atoms with Crippen LogP contribution in [0.5, 0.6) is 0 Å². The summed E-state index contributed by atoms with van der Waals surface area (Å²) in [5, 5.41) is 15.4. The molecule has 0 bridgehead atoms. The predicted molar refractivity (Wildman–Crippen MR) is 65.0 cm³/mol. The van der Waals surface area contributed by atoms with E-state index in [0.717, 1.165) is 0 Å². The van der Waals surface area contributed by atoms with Gasteiger partial charge in [0.1, 0.15) is 0 Å². The fourth-order valence-electron chi connectivity index (χ4n) is 2.48. The molecule has 100 valence electrons. The third-order valence-corrected chi connectivity index (χ3v) is 4.11. The highest BCUT2D eigenvalue weighted by Crippen LogP contribution is 2.36. The molecule has 3 nitrogen and oxygen atoms in total. The monoisotopic (exact) mass is 275 g/mol. The van der Waals surface area contributed by atoms with E-state index in [0.29, 0.717) is 18.4 Å². The summed E-state index contributed by atoms with van der Waals surface area (Å²) >= 11 is 1.23. The summed E-state index contributed by atoms with van der Waals surface area (Å²) in [5.74, 6) is -1.31. The summed E-state index contributed by atoms with van der Waals surface area (Å²) in [5.41, 5.74) is 0.573. The average molecular weight is 275 g/mol. The molecule has 3 unspecified atom stereocenters. The molecule has 1 aromatic heterocycles. The molecular formula is C12H15F2NO2S. The van der Waals surface area contributed by atoms with Crippen molar-refractivity contribution in [2.24, 2.45) is 5.92 Å². The first-order valence-corrected chi connectivity index (χ1v) is 6.76. The predicted octanol–water partition coefficient (Wildman–Crippen LogP) is 3.20. The smallest absolute Gasteiger partial charge is 0.306 e. The van der Waals surface area contributed by atoms with Crippen LogP contribution in [0.3, 0.4) is 0 Å². The number of rotatable bonds is 3. The quantitative estimate of drug-likeness (QED) is 0.890. The fourth-order valence-corrected chi connectivity index (χ4v) is 3.38. The normalized spacial score (nSPS) is 28.6. The summed E-state index contributed by atoms with van der Waals surface area (Å²) in [4.78, 5) is 11.1. The van der Waals surface area contributed by atoms with Crippen LogP contribution in [0.15, 0.2) is 10.8 Å². The largest absolute Gasteiger partial charge is 0.481 e. The maximum Gasteiger partial charge on any atom is 0.306 e. The Bertz CT molecular complexity index is 435. The van der Waals surface area contributed by atoms with E-state index in [1.807, 2.05) is 6.92 Å². The van der Waals surface area contributed by atoms with Crippen molar-refractivity contribution in [3.63, 3.8) is 0 Å². The van der Waals surface area contributed by atoms with Crippen LogP contribution in [-0.4, -0.2) is 17.1 Å². The Hall–Kier alpha value is -1.01. The van der Waals surface area contributed by atoms with Crippen molar-refractivity contribution in [3.05, 3.63) is 21.9 Å². The van der Waals surface area contributed by atoms with Gasteiger partial charge in [0.2, 0.25) is 0 Å². The van der Waals surface area contributed by atoms with Crippen molar-refractivity contribution in [2.45, 2.75) is 38.3 Å². The molecule has 0 aliphatic carbocycles. The zero-order valence-electron chi connectivity index (χ0n) is 9.90. The number of hydrogen-bond acceptors (Lipinski definition) is 3. The molecule has 0 radical (unpaired) electrons. The Labute approximate surface area is 108 Å². The van der Waals surface area contributed by atoms with Gasteiger partial charge in [-0.15, -0.1) is 0 Å². The zero-order chi connectivity index (χ0) is 13.3. The number of piperidine rings is 1.